The van der Waals surface area contributed by atoms with E-state index < -0.39 is 0 Å². The molecule has 132 valence electrons. The minimum atomic E-state index is 0. The fourth-order valence-electron chi connectivity index (χ4n) is 2.86. The maximum absolute atomic E-state index is 3.96. The molecule has 0 fully saturated rings. The molecular formula is C26H28. The summed E-state index contributed by atoms with van der Waals surface area (Å²) >= 11 is 0. The molecule has 0 aromatic heterocycles. The van der Waals surface area contributed by atoms with Crippen LogP contribution < -0.4 is 0 Å². The molecule has 0 nitrogen and oxygen atoms in total. The Morgan fingerprint density at radius 1 is 0.654 bits per heavy atom. The SMILES string of the molecule is C.C.C=C/C=C(\C=C)c1ccc(-c2ccccc2)cc1-c1ccccc1. The lowest BCUT2D eigenvalue weighted by molar-refractivity contribution is 1.55. The summed E-state index contributed by atoms with van der Waals surface area (Å²) in [6.07, 6.45) is 5.68. The lowest BCUT2D eigenvalue weighted by atomic mass is 9.91. The molecule has 0 aliphatic rings. The van der Waals surface area contributed by atoms with Gasteiger partial charge in [0, 0.05) is 0 Å². The largest absolute Gasteiger partial charge is 0.0990 e. The van der Waals surface area contributed by atoms with Crippen LogP contribution in [-0.4, -0.2) is 0 Å². The standard InChI is InChI=1S/C24H20.2CH4/c1-3-11-19(4-2)23-17-16-22(20-12-7-5-8-13-20)18-24(23)21-14-9-6-10-15-21;;/h3-18H,1-2H2;2*1H4/b19-11+;;. The third kappa shape index (κ3) is 4.49. The first-order valence-electron chi connectivity index (χ1n) is 8.04. The first-order chi connectivity index (χ1) is 11.8. The van der Waals surface area contributed by atoms with Gasteiger partial charge in [-0.05, 0) is 39.5 Å². The molecule has 3 rings (SSSR count). The molecule has 0 radical (unpaired) electrons. The van der Waals surface area contributed by atoms with Crippen molar-refractivity contribution in [1.82, 2.24) is 0 Å². The zero-order chi connectivity index (χ0) is 16.8. The van der Waals surface area contributed by atoms with E-state index in [1.165, 1.54) is 22.3 Å². The molecule has 0 heterocycles. The fraction of sp³-hybridized carbons (Fsp3) is 0.0769. The summed E-state index contributed by atoms with van der Waals surface area (Å²) in [5.74, 6) is 0. The fourth-order valence-corrected chi connectivity index (χ4v) is 2.86. The van der Waals surface area contributed by atoms with Crippen molar-refractivity contribution in [2.24, 2.45) is 0 Å². The third-order valence-electron chi connectivity index (χ3n) is 4.04. The van der Waals surface area contributed by atoms with Crippen LogP contribution in [-0.2, 0) is 0 Å². The van der Waals surface area contributed by atoms with Gasteiger partial charge in [-0.3, -0.25) is 0 Å². The Kier molecular flexibility index (Phi) is 8.05. The average molecular weight is 341 g/mol. The van der Waals surface area contributed by atoms with Gasteiger partial charge in [-0.1, -0.05) is 119 Å². The van der Waals surface area contributed by atoms with Gasteiger partial charge < -0.3 is 0 Å². The van der Waals surface area contributed by atoms with Gasteiger partial charge in [0.1, 0.15) is 0 Å². The Balaban J connectivity index is 0.00000169. The normalized spacial score (nSPS) is 10.2. The minimum Gasteiger partial charge on any atom is -0.0990 e. The molecule has 0 heteroatoms. The molecule has 0 saturated carbocycles. The minimum absolute atomic E-state index is 0. The Bertz CT molecular complexity index is 868. The van der Waals surface area contributed by atoms with Gasteiger partial charge in [0.25, 0.3) is 0 Å². The first-order valence-corrected chi connectivity index (χ1v) is 8.04. The van der Waals surface area contributed by atoms with Crippen molar-refractivity contribution in [3.05, 3.63) is 116 Å². The molecule has 0 amide bonds. The van der Waals surface area contributed by atoms with Crippen LogP contribution in [0, 0.1) is 0 Å². The van der Waals surface area contributed by atoms with E-state index in [-0.39, 0.29) is 14.9 Å². The number of benzene rings is 3. The molecule has 26 heavy (non-hydrogen) atoms. The monoisotopic (exact) mass is 340 g/mol. The maximum atomic E-state index is 3.96. The number of allylic oxidation sites excluding steroid dienone is 4. The van der Waals surface area contributed by atoms with E-state index in [0.29, 0.717) is 0 Å². The topological polar surface area (TPSA) is 0 Å². The Hall–Kier alpha value is -3.12. The zero-order valence-electron chi connectivity index (χ0n) is 13.7. The zero-order valence-corrected chi connectivity index (χ0v) is 13.7. The van der Waals surface area contributed by atoms with Gasteiger partial charge in [0.05, 0.1) is 0 Å². The van der Waals surface area contributed by atoms with E-state index in [2.05, 4.69) is 79.9 Å². The molecule has 0 spiro atoms. The highest BCUT2D eigenvalue weighted by atomic mass is 14.1. The third-order valence-corrected chi connectivity index (χ3v) is 4.04. The highest BCUT2D eigenvalue weighted by Gasteiger charge is 2.09. The lowest BCUT2D eigenvalue weighted by Crippen LogP contribution is -1.90. The van der Waals surface area contributed by atoms with Gasteiger partial charge in [0.2, 0.25) is 0 Å². The van der Waals surface area contributed by atoms with Crippen LogP contribution in [0.4, 0.5) is 0 Å². The predicted molar refractivity (Wildman–Crippen MR) is 119 cm³/mol. The Labute approximate surface area is 158 Å². The molecule has 0 aliphatic heterocycles. The van der Waals surface area contributed by atoms with Gasteiger partial charge in [0.15, 0.2) is 0 Å². The second-order valence-electron chi connectivity index (χ2n) is 5.55. The van der Waals surface area contributed by atoms with E-state index >= 15 is 0 Å². The summed E-state index contributed by atoms with van der Waals surface area (Å²) in [6, 6.07) is 27.5. The van der Waals surface area contributed by atoms with Crippen LogP contribution in [0.1, 0.15) is 20.4 Å². The van der Waals surface area contributed by atoms with Crippen molar-refractivity contribution >= 4 is 5.57 Å². The second kappa shape index (κ2) is 10.0. The average Bonchev–Trinajstić information content (AvgIpc) is 2.67. The summed E-state index contributed by atoms with van der Waals surface area (Å²) in [5, 5.41) is 0. The van der Waals surface area contributed by atoms with E-state index in [1.54, 1.807) is 6.08 Å². The van der Waals surface area contributed by atoms with Crippen molar-refractivity contribution in [3.8, 4) is 22.3 Å². The Morgan fingerprint density at radius 2 is 1.23 bits per heavy atom. The molecule has 0 bridgehead atoms. The van der Waals surface area contributed by atoms with E-state index in [1.807, 2.05) is 24.3 Å². The van der Waals surface area contributed by atoms with E-state index in [0.717, 1.165) is 11.1 Å². The molecular weight excluding hydrogens is 312 g/mol. The van der Waals surface area contributed by atoms with Crippen LogP contribution in [0.3, 0.4) is 0 Å². The van der Waals surface area contributed by atoms with Crippen LogP contribution in [0.25, 0.3) is 27.8 Å². The van der Waals surface area contributed by atoms with Gasteiger partial charge in [-0.25, -0.2) is 0 Å². The smallest absolute Gasteiger partial charge is 0.00992 e. The Morgan fingerprint density at radius 3 is 1.77 bits per heavy atom. The number of hydrogen-bond acceptors (Lipinski definition) is 0. The lowest BCUT2D eigenvalue weighted by Gasteiger charge is -2.13. The molecule has 0 unspecified atom stereocenters. The quantitative estimate of drug-likeness (QED) is 0.412. The van der Waals surface area contributed by atoms with Crippen LogP contribution in [0.15, 0.2) is 110 Å². The van der Waals surface area contributed by atoms with Crippen molar-refractivity contribution in [3.63, 3.8) is 0 Å². The van der Waals surface area contributed by atoms with Gasteiger partial charge in [-0.15, -0.1) is 0 Å². The predicted octanol–water partition coefficient (Wildman–Crippen LogP) is 8.05. The summed E-state index contributed by atoms with van der Waals surface area (Å²) in [6.45, 7) is 7.77. The van der Waals surface area contributed by atoms with Crippen molar-refractivity contribution < 1.29 is 0 Å². The maximum Gasteiger partial charge on any atom is -0.00992 e. The van der Waals surface area contributed by atoms with E-state index in [9.17, 15) is 0 Å². The van der Waals surface area contributed by atoms with Crippen LogP contribution in [0.5, 0.6) is 0 Å². The molecule has 0 N–H and O–H groups in total. The van der Waals surface area contributed by atoms with Crippen molar-refractivity contribution in [2.75, 3.05) is 0 Å². The summed E-state index contributed by atoms with van der Waals surface area (Å²) in [4.78, 5) is 0. The summed E-state index contributed by atoms with van der Waals surface area (Å²) < 4.78 is 0. The summed E-state index contributed by atoms with van der Waals surface area (Å²) in [7, 11) is 0. The van der Waals surface area contributed by atoms with Crippen LogP contribution in [0.2, 0.25) is 0 Å². The van der Waals surface area contributed by atoms with E-state index in [4.69, 9.17) is 0 Å². The second-order valence-corrected chi connectivity index (χ2v) is 5.55. The van der Waals surface area contributed by atoms with Crippen molar-refractivity contribution in [1.29, 1.82) is 0 Å². The first kappa shape index (κ1) is 20.9. The molecule has 0 atom stereocenters. The number of hydrogen-bond donors (Lipinski definition) is 0. The number of rotatable bonds is 5. The van der Waals surface area contributed by atoms with Crippen LogP contribution >= 0.6 is 0 Å². The highest BCUT2D eigenvalue weighted by molar-refractivity contribution is 5.88. The molecule has 0 aliphatic carbocycles. The molecule has 3 aromatic carbocycles. The van der Waals surface area contributed by atoms with Crippen molar-refractivity contribution in [2.45, 2.75) is 14.9 Å². The van der Waals surface area contributed by atoms with Gasteiger partial charge in [-0.2, -0.15) is 0 Å². The summed E-state index contributed by atoms with van der Waals surface area (Å²) in [5.41, 5.74) is 7.06. The highest BCUT2D eigenvalue weighted by Crippen LogP contribution is 2.33. The molecule has 0 saturated heterocycles. The molecule has 3 aromatic rings. The van der Waals surface area contributed by atoms with Gasteiger partial charge >= 0.3 is 0 Å².